The summed E-state index contributed by atoms with van der Waals surface area (Å²) in [4.78, 5) is 22.7. The van der Waals surface area contributed by atoms with Crippen molar-refractivity contribution in [2.24, 2.45) is 11.7 Å². The van der Waals surface area contributed by atoms with Gasteiger partial charge in [-0.15, -0.1) is 0 Å². The molecule has 94 valence electrons. The Kier molecular flexibility index (Phi) is 8.47. The molecular formula is C8H15BN4O4. The van der Waals surface area contributed by atoms with Gasteiger partial charge in [-0.3, -0.25) is 9.59 Å². The number of hydrazine groups is 2. The van der Waals surface area contributed by atoms with Gasteiger partial charge >= 0.3 is 6.71 Å². The van der Waals surface area contributed by atoms with Crippen LogP contribution in [0.25, 0.3) is 0 Å². The highest BCUT2D eigenvalue weighted by molar-refractivity contribution is 7.18. The Morgan fingerprint density at radius 2 is 1.35 bits per heavy atom. The summed E-state index contributed by atoms with van der Waals surface area (Å²) in [5.74, 6) is 8.75. The molecule has 0 radical (unpaired) electrons. The molecule has 0 heterocycles. The Labute approximate surface area is 98.0 Å². The van der Waals surface area contributed by atoms with Crippen LogP contribution in [-0.2, 0) is 0 Å². The number of benzene rings is 1. The normalized spacial score (nSPS) is 8.12. The first-order chi connectivity index (χ1) is 7.20. The van der Waals surface area contributed by atoms with Crippen LogP contribution in [0, 0.1) is 0 Å². The molecule has 0 saturated carbocycles. The third-order valence-electron chi connectivity index (χ3n) is 1.94. The first-order valence-electron chi connectivity index (χ1n) is 4.26. The molecule has 0 aromatic heterocycles. The summed E-state index contributed by atoms with van der Waals surface area (Å²) in [6.45, 7) is -1.03. The monoisotopic (exact) mass is 242 g/mol. The van der Waals surface area contributed by atoms with Crippen molar-refractivity contribution in [3.05, 3.63) is 30.3 Å². The first kappa shape index (κ1) is 17.5. The fourth-order valence-electron chi connectivity index (χ4n) is 1.23. The van der Waals surface area contributed by atoms with E-state index in [2.05, 4.69) is 0 Å². The molecule has 1 aromatic rings. The van der Waals surface area contributed by atoms with Gasteiger partial charge in [0.1, 0.15) is 0 Å². The van der Waals surface area contributed by atoms with E-state index in [1.54, 1.807) is 30.3 Å². The molecule has 0 spiro atoms. The highest BCUT2D eigenvalue weighted by Crippen LogP contribution is 1.91. The lowest BCUT2D eigenvalue weighted by Crippen LogP contribution is -2.57. The summed E-state index contributed by atoms with van der Waals surface area (Å²) in [5.41, 5.74) is 4.38. The van der Waals surface area contributed by atoms with E-state index in [1.165, 1.54) is 0 Å². The minimum atomic E-state index is -1.03. The average Bonchev–Trinajstić information content (AvgIpc) is 2.30. The highest BCUT2D eigenvalue weighted by Gasteiger charge is 2.33. The minimum absolute atomic E-state index is 0. The maximum Gasteiger partial charge on any atom is 0.392 e. The lowest BCUT2D eigenvalue weighted by atomic mass is 9.43. The molecule has 1 aromatic carbocycles. The van der Waals surface area contributed by atoms with Gasteiger partial charge in [0.25, 0.3) is 0 Å². The van der Waals surface area contributed by atoms with Gasteiger partial charge in [0.15, 0.2) is 0 Å². The Balaban J connectivity index is 0. The van der Waals surface area contributed by atoms with Gasteiger partial charge in [0.2, 0.25) is 11.6 Å². The second kappa shape index (κ2) is 8.24. The molecule has 9 heteroatoms. The fourth-order valence-corrected chi connectivity index (χ4v) is 1.23. The highest BCUT2D eigenvalue weighted by atomic mass is 16.2. The molecule has 0 aliphatic heterocycles. The SMILES string of the molecule is NNC(=O)B(C(=O)NN)c1ccccc1.O.O. The molecule has 0 atom stereocenters. The van der Waals surface area contributed by atoms with Crippen LogP contribution in [-0.4, -0.2) is 29.3 Å². The van der Waals surface area contributed by atoms with E-state index in [9.17, 15) is 9.59 Å². The summed E-state index contributed by atoms with van der Waals surface area (Å²) >= 11 is 0. The minimum Gasteiger partial charge on any atom is -0.412 e. The van der Waals surface area contributed by atoms with E-state index in [-0.39, 0.29) is 11.0 Å². The largest absolute Gasteiger partial charge is 0.412 e. The average molecular weight is 242 g/mol. The quantitative estimate of drug-likeness (QED) is 0.192. The van der Waals surface area contributed by atoms with E-state index in [0.717, 1.165) is 0 Å². The predicted molar refractivity (Wildman–Crippen MR) is 64.5 cm³/mol. The number of carbonyl (C=O) groups excluding carboxylic acids is 2. The first-order valence-corrected chi connectivity index (χ1v) is 4.26. The summed E-state index contributed by atoms with van der Waals surface area (Å²) in [7, 11) is 0. The zero-order chi connectivity index (χ0) is 11.3. The third-order valence-corrected chi connectivity index (χ3v) is 1.94. The van der Waals surface area contributed by atoms with Crippen molar-refractivity contribution in [1.29, 1.82) is 0 Å². The summed E-state index contributed by atoms with van der Waals surface area (Å²) in [6, 6.07) is 8.51. The third kappa shape index (κ3) is 4.21. The second-order valence-corrected chi connectivity index (χ2v) is 2.86. The Morgan fingerprint density at radius 1 is 0.941 bits per heavy atom. The number of hydrogen-bond acceptors (Lipinski definition) is 4. The van der Waals surface area contributed by atoms with Crippen molar-refractivity contribution < 1.29 is 20.5 Å². The molecule has 17 heavy (non-hydrogen) atoms. The second-order valence-electron chi connectivity index (χ2n) is 2.86. The van der Waals surface area contributed by atoms with Crippen LogP contribution in [0.15, 0.2) is 30.3 Å². The van der Waals surface area contributed by atoms with Crippen LogP contribution < -0.4 is 28.0 Å². The van der Waals surface area contributed by atoms with Crippen molar-refractivity contribution in [1.82, 2.24) is 10.9 Å². The smallest absolute Gasteiger partial charge is 0.392 e. The van der Waals surface area contributed by atoms with Crippen molar-refractivity contribution >= 4 is 23.8 Å². The molecule has 0 fully saturated rings. The van der Waals surface area contributed by atoms with Crippen LogP contribution >= 0.6 is 0 Å². The van der Waals surface area contributed by atoms with E-state index < -0.39 is 18.3 Å². The maximum atomic E-state index is 11.4. The molecule has 1 rings (SSSR count). The summed E-state index contributed by atoms with van der Waals surface area (Å²) < 4.78 is 0. The molecule has 0 unspecified atom stereocenters. The standard InChI is InChI=1S/C8H11BN4O2.2H2O/c10-12-7(14)9(8(15)13-11)6-4-2-1-3-5-6;;/h1-5H,10-11H2,(H,12,14)(H,13,15);2*1H2. The van der Waals surface area contributed by atoms with Crippen molar-refractivity contribution in [2.45, 2.75) is 0 Å². The molecule has 2 amide bonds. The van der Waals surface area contributed by atoms with Crippen molar-refractivity contribution in [3.63, 3.8) is 0 Å². The number of nitrogens with two attached hydrogens (primary N) is 2. The molecule has 0 bridgehead atoms. The van der Waals surface area contributed by atoms with E-state index >= 15 is 0 Å². The van der Waals surface area contributed by atoms with Crippen LogP contribution in [0.3, 0.4) is 0 Å². The zero-order valence-corrected chi connectivity index (χ0v) is 8.94. The lowest BCUT2D eigenvalue weighted by molar-refractivity contribution is 0.254. The van der Waals surface area contributed by atoms with Gasteiger partial charge in [-0.25, -0.2) is 11.7 Å². The van der Waals surface area contributed by atoms with Gasteiger partial charge in [0, 0.05) is 0 Å². The number of carbonyl (C=O) groups is 2. The molecule has 10 N–H and O–H groups in total. The predicted octanol–water partition coefficient (Wildman–Crippen LogP) is -2.93. The lowest BCUT2D eigenvalue weighted by Gasteiger charge is -2.09. The zero-order valence-electron chi connectivity index (χ0n) is 8.94. The Hall–Kier alpha value is -1.94. The topological polar surface area (TPSA) is 173 Å². The number of nitrogens with one attached hydrogen (secondary N) is 2. The number of amides is 2. The molecule has 0 saturated heterocycles. The Bertz CT molecular complexity index is 346. The molecular weight excluding hydrogens is 227 g/mol. The van der Waals surface area contributed by atoms with Gasteiger partial charge in [-0.2, -0.15) is 0 Å². The maximum absolute atomic E-state index is 11.4. The molecule has 0 aliphatic rings. The van der Waals surface area contributed by atoms with Gasteiger partial charge in [-0.1, -0.05) is 35.8 Å². The number of hydrogen-bond donors (Lipinski definition) is 4. The van der Waals surface area contributed by atoms with Crippen LogP contribution in [0.1, 0.15) is 0 Å². The van der Waals surface area contributed by atoms with E-state index in [0.29, 0.717) is 5.46 Å². The van der Waals surface area contributed by atoms with Gasteiger partial charge in [-0.05, 0) is 0 Å². The van der Waals surface area contributed by atoms with Crippen molar-refractivity contribution in [2.75, 3.05) is 0 Å². The van der Waals surface area contributed by atoms with Crippen LogP contribution in [0.2, 0.25) is 0 Å². The van der Waals surface area contributed by atoms with Crippen LogP contribution in [0.5, 0.6) is 0 Å². The van der Waals surface area contributed by atoms with Gasteiger partial charge in [0.05, 0.1) is 0 Å². The van der Waals surface area contributed by atoms with Gasteiger partial charge < -0.3 is 21.8 Å². The van der Waals surface area contributed by atoms with Crippen molar-refractivity contribution in [3.8, 4) is 0 Å². The summed E-state index contributed by atoms with van der Waals surface area (Å²) in [6.07, 6.45) is 0. The number of rotatable bonds is 3. The Morgan fingerprint density at radius 3 is 1.71 bits per heavy atom. The van der Waals surface area contributed by atoms with Crippen LogP contribution in [0.4, 0.5) is 9.59 Å². The van der Waals surface area contributed by atoms with E-state index in [1.807, 2.05) is 10.9 Å². The molecule has 0 aliphatic carbocycles. The fraction of sp³-hybridized carbons (Fsp3) is 0. The summed E-state index contributed by atoms with van der Waals surface area (Å²) in [5, 5.41) is 0. The van der Waals surface area contributed by atoms with E-state index in [4.69, 9.17) is 11.7 Å². The molecule has 8 nitrogen and oxygen atoms in total.